The maximum Gasteiger partial charge on any atom is 0.0574 e. The van der Waals surface area contributed by atoms with E-state index in [1.165, 1.54) is 5.57 Å². The molecule has 1 N–H and O–H groups in total. The van der Waals surface area contributed by atoms with Gasteiger partial charge in [0.25, 0.3) is 0 Å². The lowest BCUT2D eigenvalue weighted by atomic mass is 9.98. The molecule has 0 radical (unpaired) electrons. The Balaban J connectivity index is 3.88. The summed E-state index contributed by atoms with van der Waals surface area (Å²) in [6.45, 7) is 7.88. The van der Waals surface area contributed by atoms with Crippen LogP contribution in [0.5, 0.6) is 0 Å². The Bertz CT molecular complexity index is 103. The lowest BCUT2D eigenvalue weighted by Gasteiger charge is -2.14. The highest BCUT2D eigenvalue weighted by molar-refractivity contribution is 5.01. The standard InChI is InChI=1S/C8H16O/c1-5-6(2)7(3)8(4)9/h5,7-9H,1-4H3. The summed E-state index contributed by atoms with van der Waals surface area (Å²) in [5.74, 6) is 0.301. The van der Waals surface area contributed by atoms with Crippen molar-refractivity contribution in [3.8, 4) is 0 Å². The van der Waals surface area contributed by atoms with Gasteiger partial charge in [0.05, 0.1) is 6.10 Å². The van der Waals surface area contributed by atoms with Crippen LogP contribution in [0.4, 0.5) is 0 Å². The van der Waals surface area contributed by atoms with Gasteiger partial charge in [0.2, 0.25) is 0 Å². The minimum Gasteiger partial charge on any atom is -0.393 e. The van der Waals surface area contributed by atoms with Crippen LogP contribution in [0.2, 0.25) is 0 Å². The van der Waals surface area contributed by atoms with E-state index >= 15 is 0 Å². The van der Waals surface area contributed by atoms with E-state index in [1.807, 2.05) is 33.8 Å². The van der Waals surface area contributed by atoms with Crippen molar-refractivity contribution < 1.29 is 5.11 Å². The van der Waals surface area contributed by atoms with Crippen LogP contribution >= 0.6 is 0 Å². The Morgan fingerprint density at radius 1 is 1.44 bits per heavy atom. The third kappa shape index (κ3) is 2.66. The molecule has 0 aromatic carbocycles. The zero-order chi connectivity index (χ0) is 7.44. The van der Waals surface area contributed by atoms with E-state index < -0.39 is 0 Å². The van der Waals surface area contributed by atoms with Gasteiger partial charge < -0.3 is 5.11 Å². The van der Waals surface area contributed by atoms with Crippen molar-refractivity contribution >= 4 is 0 Å². The fourth-order valence-corrected chi connectivity index (χ4v) is 0.643. The van der Waals surface area contributed by atoms with Crippen molar-refractivity contribution in [3.63, 3.8) is 0 Å². The van der Waals surface area contributed by atoms with Gasteiger partial charge in [-0.1, -0.05) is 18.6 Å². The van der Waals surface area contributed by atoms with Gasteiger partial charge in [0, 0.05) is 5.92 Å². The van der Waals surface area contributed by atoms with Crippen molar-refractivity contribution in [2.24, 2.45) is 5.92 Å². The van der Waals surface area contributed by atoms with Crippen molar-refractivity contribution in [1.82, 2.24) is 0 Å². The largest absolute Gasteiger partial charge is 0.393 e. The van der Waals surface area contributed by atoms with E-state index in [9.17, 15) is 0 Å². The maximum atomic E-state index is 9.08. The molecule has 0 aromatic rings. The van der Waals surface area contributed by atoms with Crippen LogP contribution < -0.4 is 0 Å². The van der Waals surface area contributed by atoms with E-state index in [-0.39, 0.29) is 6.10 Å². The minimum atomic E-state index is -0.221. The second-order valence-corrected chi connectivity index (χ2v) is 2.56. The van der Waals surface area contributed by atoms with E-state index in [2.05, 4.69) is 0 Å². The predicted molar refractivity (Wildman–Crippen MR) is 40.3 cm³/mol. The Labute approximate surface area is 57.4 Å². The highest BCUT2D eigenvalue weighted by Gasteiger charge is 2.08. The van der Waals surface area contributed by atoms with Crippen LogP contribution in [0.3, 0.4) is 0 Å². The summed E-state index contributed by atoms with van der Waals surface area (Å²) in [7, 11) is 0. The molecule has 0 bridgehead atoms. The number of hydrogen-bond acceptors (Lipinski definition) is 1. The first-order valence-corrected chi connectivity index (χ1v) is 3.40. The molecule has 2 atom stereocenters. The zero-order valence-electron chi connectivity index (χ0n) is 6.68. The van der Waals surface area contributed by atoms with Gasteiger partial charge in [0.15, 0.2) is 0 Å². The van der Waals surface area contributed by atoms with Crippen molar-refractivity contribution in [3.05, 3.63) is 11.6 Å². The number of aliphatic hydroxyl groups is 1. The normalized spacial score (nSPS) is 19.4. The van der Waals surface area contributed by atoms with Gasteiger partial charge in [-0.15, -0.1) is 0 Å². The first kappa shape index (κ1) is 8.70. The highest BCUT2D eigenvalue weighted by Crippen LogP contribution is 2.12. The van der Waals surface area contributed by atoms with E-state index in [0.717, 1.165) is 0 Å². The van der Waals surface area contributed by atoms with Gasteiger partial charge >= 0.3 is 0 Å². The molecule has 0 rings (SSSR count). The van der Waals surface area contributed by atoms with Crippen LogP contribution in [0.15, 0.2) is 11.6 Å². The molecular formula is C8H16O. The molecule has 54 valence electrons. The Morgan fingerprint density at radius 3 is 2.00 bits per heavy atom. The van der Waals surface area contributed by atoms with Gasteiger partial charge in [-0.3, -0.25) is 0 Å². The molecule has 0 spiro atoms. The van der Waals surface area contributed by atoms with Crippen molar-refractivity contribution in [1.29, 1.82) is 0 Å². The first-order chi connectivity index (χ1) is 4.09. The van der Waals surface area contributed by atoms with E-state index in [1.54, 1.807) is 0 Å². The number of allylic oxidation sites excluding steroid dienone is 1. The summed E-state index contributed by atoms with van der Waals surface area (Å²) in [6.07, 6.45) is 1.82. The molecule has 0 aromatic heterocycles. The molecule has 0 aliphatic rings. The first-order valence-electron chi connectivity index (χ1n) is 3.40. The molecule has 0 heterocycles. The molecule has 1 heteroatoms. The monoisotopic (exact) mass is 128 g/mol. The van der Waals surface area contributed by atoms with E-state index in [0.29, 0.717) is 5.92 Å². The average molecular weight is 128 g/mol. The fraction of sp³-hybridized carbons (Fsp3) is 0.750. The highest BCUT2D eigenvalue weighted by atomic mass is 16.3. The van der Waals surface area contributed by atoms with Gasteiger partial charge in [0.1, 0.15) is 0 Å². The zero-order valence-corrected chi connectivity index (χ0v) is 6.68. The lowest BCUT2D eigenvalue weighted by Crippen LogP contribution is -2.13. The molecule has 2 unspecified atom stereocenters. The molecule has 0 fully saturated rings. The molecule has 0 aliphatic carbocycles. The summed E-state index contributed by atoms with van der Waals surface area (Å²) in [4.78, 5) is 0. The predicted octanol–water partition coefficient (Wildman–Crippen LogP) is 1.97. The Morgan fingerprint density at radius 2 is 1.89 bits per heavy atom. The van der Waals surface area contributed by atoms with Gasteiger partial charge in [-0.05, 0) is 20.8 Å². The quantitative estimate of drug-likeness (QED) is 0.564. The smallest absolute Gasteiger partial charge is 0.0574 e. The summed E-state index contributed by atoms with van der Waals surface area (Å²) < 4.78 is 0. The van der Waals surface area contributed by atoms with Crippen molar-refractivity contribution in [2.45, 2.75) is 33.8 Å². The molecule has 0 saturated heterocycles. The summed E-state index contributed by atoms with van der Waals surface area (Å²) >= 11 is 0. The Hall–Kier alpha value is -0.300. The van der Waals surface area contributed by atoms with Gasteiger partial charge in [-0.25, -0.2) is 0 Å². The van der Waals surface area contributed by atoms with Crippen LogP contribution in [-0.4, -0.2) is 11.2 Å². The molecule has 0 saturated carbocycles. The van der Waals surface area contributed by atoms with Crippen LogP contribution in [0.1, 0.15) is 27.7 Å². The molecule has 1 nitrogen and oxygen atoms in total. The third-order valence-corrected chi connectivity index (χ3v) is 1.90. The lowest BCUT2D eigenvalue weighted by molar-refractivity contribution is 0.152. The van der Waals surface area contributed by atoms with Crippen LogP contribution in [-0.2, 0) is 0 Å². The van der Waals surface area contributed by atoms with Crippen LogP contribution in [0.25, 0.3) is 0 Å². The third-order valence-electron chi connectivity index (χ3n) is 1.90. The van der Waals surface area contributed by atoms with Crippen molar-refractivity contribution in [2.75, 3.05) is 0 Å². The molecule has 0 aliphatic heterocycles. The second-order valence-electron chi connectivity index (χ2n) is 2.56. The fourth-order valence-electron chi connectivity index (χ4n) is 0.643. The topological polar surface area (TPSA) is 20.2 Å². The maximum absolute atomic E-state index is 9.08. The average Bonchev–Trinajstić information content (AvgIpc) is 1.84. The molecule has 9 heavy (non-hydrogen) atoms. The second kappa shape index (κ2) is 3.67. The number of rotatable bonds is 2. The van der Waals surface area contributed by atoms with E-state index in [4.69, 9.17) is 5.11 Å². The summed E-state index contributed by atoms with van der Waals surface area (Å²) in [5.41, 5.74) is 1.25. The number of hydrogen-bond donors (Lipinski definition) is 1. The van der Waals surface area contributed by atoms with Gasteiger partial charge in [-0.2, -0.15) is 0 Å². The summed E-state index contributed by atoms with van der Waals surface area (Å²) in [6, 6.07) is 0. The summed E-state index contributed by atoms with van der Waals surface area (Å²) in [5, 5.41) is 9.08. The van der Waals surface area contributed by atoms with Crippen LogP contribution in [0, 0.1) is 5.92 Å². The molecule has 0 amide bonds. The minimum absolute atomic E-state index is 0.221. The number of aliphatic hydroxyl groups excluding tert-OH is 1. The Kier molecular flexibility index (Phi) is 3.55. The molecular weight excluding hydrogens is 112 g/mol. The SMILES string of the molecule is CC=C(C)C(C)C(C)O.